The van der Waals surface area contributed by atoms with E-state index in [4.69, 9.17) is 16.0 Å². The summed E-state index contributed by atoms with van der Waals surface area (Å²) >= 11 is 6.09. The zero-order valence-corrected chi connectivity index (χ0v) is 15.2. The lowest BCUT2D eigenvalue weighted by atomic mass is 10.0. The van der Waals surface area contributed by atoms with Gasteiger partial charge in [-0.2, -0.15) is 0 Å². The number of carbonyl (C=O) groups excluding carboxylic acids is 2. The summed E-state index contributed by atoms with van der Waals surface area (Å²) in [6.45, 7) is 0.637. The molecule has 0 atom stereocenters. The maximum absolute atomic E-state index is 12.7. The van der Waals surface area contributed by atoms with Crippen molar-refractivity contribution in [3.63, 3.8) is 0 Å². The molecule has 1 aromatic heterocycles. The van der Waals surface area contributed by atoms with E-state index in [9.17, 15) is 9.59 Å². The van der Waals surface area contributed by atoms with Crippen LogP contribution in [0.5, 0.6) is 0 Å². The fourth-order valence-corrected chi connectivity index (χ4v) is 3.48. The number of fused-ring (bicyclic) bond motifs is 1. The number of rotatable bonds is 3. The van der Waals surface area contributed by atoms with E-state index in [1.807, 2.05) is 12.1 Å². The second-order valence-corrected chi connectivity index (χ2v) is 6.72. The third-order valence-corrected chi connectivity index (χ3v) is 4.88. The van der Waals surface area contributed by atoms with Crippen LogP contribution in [0.2, 0.25) is 5.02 Å². The minimum Gasteiger partial charge on any atom is -0.459 e. The second kappa shape index (κ2) is 7.29. The Kier molecular flexibility index (Phi) is 4.69. The van der Waals surface area contributed by atoms with E-state index in [2.05, 4.69) is 5.32 Å². The number of amides is 2. The summed E-state index contributed by atoms with van der Waals surface area (Å²) in [5, 5.41) is 3.28. The van der Waals surface area contributed by atoms with Crippen LogP contribution in [-0.4, -0.2) is 18.4 Å². The SMILES string of the molecule is O=C(Nc1ccc2c(c1)CCCN2C(=O)c1ccco1)c1ccccc1Cl. The molecule has 1 N–H and O–H groups in total. The van der Waals surface area contributed by atoms with Crippen molar-refractivity contribution >= 4 is 34.8 Å². The van der Waals surface area contributed by atoms with Gasteiger partial charge in [0, 0.05) is 17.9 Å². The average Bonchev–Trinajstić information content (AvgIpc) is 3.22. The zero-order chi connectivity index (χ0) is 18.8. The Morgan fingerprint density at radius 2 is 1.93 bits per heavy atom. The number of nitrogens with zero attached hydrogens (tertiary/aromatic N) is 1. The van der Waals surface area contributed by atoms with Gasteiger partial charge in [0.25, 0.3) is 11.8 Å². The zero-order valence-electron chi connectivity index (χ0n) is 14.4. The first kappa shape index (κ1) is 17.4. The first-order valence-corrected chi connectivity index (χ1v) is 9.05. The standard InChI is InChI=1S/C21H17ClN2O3/c22-17-7-2-1-6-16(17)20(25)23-15-9-10-18-14(13-15)5-3-11-24(18)21(26)19-8-4-12-27-19/h1-2,4,6-10,12-13H,3,5,11H2,(H,23,25). The highest BCUT2D eigenvalue weighted by Gasteiger charge is 2.25. The molecular weight excluding hydrogens is 364 g/mol. The molecule has 6 heteroatoms. The summed E-state index contributed by atoms with van der Waals surface area (Å²) in [7, 11) is 0. The van der Waals surface area contributed by atoms with Crippen LogP contribution in [0.4, 0.5) is 11.4 Å². The largest absolute Gasteiger partial charge is 0.459 e. The highest BCUT2D eigenvalue weighted by Crippen LogP contribution is 2.31. The lowest BCUT2D eigenvalue weighted by Gasteiger charge is -2.29. The van der Waals surface area contributed by atoms with Gasteiger partial charge in [-0.3, -0.25) is 9.59 Å². The van der Waals surface area contributed by atoms with Gasteiger partial charge in [0.05, 0.1) is 16.8 Å². The van der Waals surface area contributed by atoms with Crippen molar-refractivity contribution in [1.29, 1.82) is 0 Å². The van der Waals surface area contributed by atoms with Gasteiger partial charge in [-0.15, -0.1) is 0 Å². The summed E-state index contributed by atoms with van der Waals surface area (Å²) in [5.74, 6) is -0.104. The Balaban J connectivity index is 1.57. The molecule has 0 fully saturated rings. The summed E-state index contributed by atoms with van der Waals surface area (Å²) < 4.78 is 5.24. The normalized spacial score (nSPS) is 13.1. The summed E-state index contributed by atoms with van der Waals surface area (Å²) in [5.41, 5.74) is 2.95. The van der Waals surface area contributed by atoms with E-state index in [1.165, 1.54) is 6.26 Å². The fourth-order valence-electron chi connectivity index (χ4n) is 3.26. The van der Waals surface area contributed by atoms with E-state index in [0.29, 0.717) is 28.6 Å². The highest BCUT2D eigenvalue weighted by atomic mass is 35.5. The van der Waals surface area contributed by atoms with Crippen molar-refractivity contribution in [3.8, 4) is 0 Å². The van der Waals surface area contributed by atoms with Gasteiger partial charge >= 0.3 is 0 Å². The van der Waals surface area contributed by atoms with Crippen LogP contribution in [0.25, 0.3) is 0 Å². The molecule has 0 saturated heterocycles. The van der Waals surface area contributed by atoms with E-state index in [-0.39, 0.29) is 11.8 Å². The molecule has 0 bridgehead atoms. The molecule has 4 rings (SSSR count). The lowest BCUT2D eigenvalue weighted by Crippen LogP contribution is -2.35. The van der Waals surface area contributed by atoms with Crippen molar-refractivity contribution in [2.45, 2.75) is 12.8 Å². The number of hydrogen-bond donors (Lipinski definition) is 1. The van der Waals surface area contributed by atoms with E-state index < -0.39 is 0 Å². The average molecular weight is 381 g/mol. The molecule has 0 spiro atoms. The molecule has 1 aliphatic rings. The molecule has 0 saturated carbocycles. The molecule has 1 aliphatic heterocycles. The molecule has 27 heavy (non-hydrogen) atoms. The number of halogens is 1. The van der Waals surface area contributed by atoms with Crippen LogP contribution >= 0.6 is 11.6 Å². The van der Waals surface area contributed by atoms with Crippen LogP contribution < -0.4 is 10.2 Å². The number of furan rings is 1. The molecular formula is C21H17ClN2O3. The number of nitrogens with one attached hydrogen (secondary N) is 1. The Bertz CT molecular complexity index is 998. The molecule has 5 nitrogen and oxygen atoms in total. The van der Waals surface area contributed by atoms with Crippen LogP contribution in [0.15, 0.2) is 65.3 Å². The minimum absolute atomic E-state index is 0.159. The van der Waals surface area contributed by atoms with E-state index in [1.54, 1.807) is 47.4 Å². The monoisotopic (exact) mass is 380 g/mol. The summed E-state index contributed by atoms with van der Waals surface area (Å²) in [6, 6.07) is 15.8. The number of carbonyl (C=O) groups is 2. The minimum atomic E-state index is -0.264. The number of anilines is 2. The van der Waals surface area contributed by atoms with Gasteiger partial charge < -0.3 is 14.6 Å². The van der Waals surface area contributed by atoms with Crippen molar-refractivity contribution in [2.24, 2.45) is 0 Å². The van der Waals surface area contributed by atoms with Crippen LogP contribution in [0, 0.1) is 0 Å². The number of aryl methyl sites for hydroxylation is 1. The Labute approximate surface area is 161 Å². The molecule has 136 valence electrons. The lowest BCUT2D eigenvalue weighted by molar-refractivity contribution is 0.0957. The molecule has 0 radical (unpaired) electrons. The summed E-state index contributed by atoms with van der Waals surface area (Å²) in [6.07, 6.45) is 3.18. The van der Waals surface area contributed by atoms with Crippen LogP contribution in [0.3, 0.4) is 0 Å². The third-order valence-electron chi connectivity index (χ3n) is 4.55. The third kappa shape index (κ3) is 3.46. The highest BCUT2D eigenvalue weighted by molar-refractivity contribution is 6.34. The van der Waals surface area contributed by atoms with Gasteiger partial charge in [0.2, 0.25) is 0 Å². The van der Waals surface area contributed by atoms with Gasteiger partial charge in [-0.05, 0) is 60.9 Å². The number of benzene rings is 2. The smallest absolute Gasteiger partial charge is 0.293 e. The van der Waals surface area contributed by atoms with Crippen LogP contribution in [-0.2, 0) is 6.42 Å². The van der Waals surface area contributed by atoms with Gasteiger partial charge in [0.1, 0.15) is 0 Å². The number of hydrogen-bond acceptors (Lipinski definition) is 3. The fraction of sp³-hybridized carbons (Fsp3) is 0.143. The maximum atomic E-state index is 12.7. The first-order chi connectivity index (χ1) is 13.1. The molecule has 0 unspecified atom stereocenters. The van der Waals surface area contributed by atoms with Crippen molar-refractivity contribution in [2.75, 3.05) is 16.8 Å². The van der Waals surface area contributed by atoms with Gasteiger partial charge in [-0.25, -0.2) is 0 Å². The maximum Gasteiger partial charge on any atom is 0.293 e. The molecule has 2 heterocycles. The van der Waals surface area contributed by atoms with E-state index in [0.717, 1.165) is 24.1 Å². The quantitative estimate of drug-likeness (QED) is 0.711. The Morgan fingerprint density at radius 1 is 1.07 bits per heavy atom. The van der Waals surface area contributed by atoms with Crippen molar-refractivity contribution in [3.05, 3.63) is 82.8 Å². The topological polar surface area (TPSA) is 62.6 Å². The Morgan fingerprint density at radius 3 is 2.70 bits per heavy atom. The van der Waals surface area contributed by atoms with Crippen molar-refractivity contribution in [1.82, 2.24) is 0 Å². The van der Waals surface area contributed by atoms with Crippen molar-refractivity contribution < 1.29 is 14.0 Å². The van der Waals surface area contributed by atoms with Crippen LogP contribution in [0.1, 0.15) is 32.9 Å². The Hall–Kier alpha value is -3.05. The second-order valence-electron chi connectivity index (χ2n) is 6.32. The molecule has 2 aromatic carbocycles. The predicted octanol–water partition coefficient (Wildman–Crippen LogP) is 4.78. The van der Waals surface area contributed by atoms with Gasteiger partial charge in [0.15, 0.2) is 5.76 Å². The molecule has 2 amide bonds. The summed E-state index contributed by atoms with van der Waals surface area (Å²) in [4.78, 5) is 26.8. The molecule has 3 aromatic rings. The van der Waals surface area contributed by atoms with E-state index >= 15 is 0 Å². The van der Waals surface area contributed by atoms with Gasteiger partial charge in [-0.1, -0.05) is 23.7 Å². The molecule has 0 aliphatic carbocycles. The first-order valence-electron chi connectivity index (χ1n) is 8.67. The predicted molar refractivity (Wildman–Crippen MR) is 105 cm³/mol.